The zero-order chi connectivity index (χ0) is 12.8. The van der Waals surface area contributed by atoms with Crippen molar-refractivity contribution in [2.24, 2.45) is 5.73 Å². The Balaban J connectivity index is 1.71. The van der Waals surface area contributed by atoms with Crippen LogP contribution < -0.4 is 5.73 Å². The average Bonchev–Trinajstić information content (AvgIpc) is 2.40. The first-order chi connectivity index (χ1) is 8.74. The van der Waals surface area contributed by atoms with Crippen molar-refractivity contribution in [1.82, 2.24) is 0 Å². The largest absolute Gasteiger partial charge is 0.378 e. The second kappa shape index (κ2) is 6.91. The number of benzene rings is 1. The molecular formula is C16H25NO. The molecule has 1 fully saturated rings. The van der Waals surface area contributed by atoms with Crippen molar-refractivity contribution >= 4 is 0 Å². The Morgan fingerprint density at radius 2 is 2.06 bits per heavy atom. The van der Waals surface area contributed by atoms with E-state index in [0.29, 0.717) is 6.10 Å². The second-order valence-electron chi connectivity index (χ2n) is 5.52. The Bertz CT molecular complexity index is 341. The van der Waals surface area contributed by atoms with Crippen LogP contribution in [-0.4, -0.2) is 18.8 Å². The normalized spacial score (nSPS) is 21.8. The summed E-state index contributed by atoms with van der Waals surface area (Å²) in [5.74, 6) is 0. The molecule has 0 aromatic heterocycles. The third kappa shape index (κ3) is 4.43. The molecule has 100 valence electrons. The standard InChI is InChI=1S/C16H25NO/c1-13-5-7-14(8-6-13)12-15(17)9-10-16-4-2-3-11-18-16/h5-8,15-16H,2-4,9-12,17H2,1H3. The quantitative estimate of drug-likeness (QED) is 0.867. The van der Waals surface area contributed by atoms with E-state index in [9.17, 15) is 0 Å². The first kappa shape index (κ1) is 13.6. The smallest absolute Gasteiger partial charge is 0.0575 e. The molecule has 0 amide bonds. The lowest BCUT2D eigenvalue weighted by molar-refractivity contribution is 0.00915. The van der Waals surface area contributed by atoms with Crippen LogP contribution in [0, 0.1) is 6.92 Å². The monoisotopic (exact) mass is 247 g/mol. The Hall–Kier alpha value is -0.860. The van der Waals surface area contributed by atoms with Gasteiger partial charge in [-0.25, -0.2) is 0 Å². The van der Waals surface area contributed by atoms with E-state index in [1.807, 2.05) is 0 Å². The number of hydrogen-bond donors (Lipinski definition) is 1. The summed E-state index contributed by atoms with van der Waals surface area (Å²) in [7, 11) is 0. The minimum atomic E-state index is 0.262. The van der Waals surface area contributed by atoms with Crippen molar-refractivity contribution < 1.29 is 4.74 Å². The molecule has 2 nitrogen and oxygen atoms in total. The van der Waals surface area contributed by atoms with Gasteiger partial charge in [-0.05, 0) is 51.0 Å². The first-order valence-electron chi connectivity index (χ1n) is 7.17. The average molecular weight is 247 g/mol. The van der Waals surface area contributed by atoms with E-state index in [1.165, 1.54) is 30.4 Å². The summed E-state index contributed by atoms with van der Waals surface area (Å²) in [6, 6.07) is 8.95. The molecule has 2 heteroatoms. The van der Waals surface area contributed by atoms with Gasteiger partial charge in [-0.1, -0.05) is 29.8 Å². The highest BCUT2D eigenvalue weighted by Gasteiger charge is 2.15. The van der Waals surface area contributed by atoms with Crippen LogP contribution >= 0.6 is 0 Å². The maximum atomic E-state index is 6.21. The van der Waals surface area contributed by atoms with Gasteiger partial charge in [0.2, 0.25) is 0 Å². The van der Waals surface area contributed by atoms with E-state index < -0.39 is 0 Å². The maximum Gasteiger partial charge on any atom is 0.0575 e. The molecule has 1 heterocycles. The van der Waals surface area contributed by atoms with Gasteiger partial charge in [0, 0.05) is 12.6 Å². The van der Waals surface area contributed by atoms with Gasteiger partial charge in [0.25, 0.3) is 0 Å². The molecule has 0 saturated carbocycles. The van der Waals surface area contributed by atoms with Gasteiger partial charge in [0.15, 0.2) is 0 Å². The van der Waals surface area contributed by atoms with Crippen molar-refractivity contribution in [3.63, 3.8) is 0 Å². The van der Waals surface area contributed by atoms with Crippen molar-refractivity contribution in [3.8, 4) is 0 Å². The highest BCUT2D eigenvalue weighted by molar-refractivity contribution is 5.21. The molecule has 1 saturated heterocycles. The van der Waals surface area contributed by atoms with E-state index in [4.69, 9.17) is 10.5 Å². The van der Waals surface area contributed by atoms with Crippen LogP contribution in [0.15, 0.2) is 24.3 Å². The summed E-state index contributed by atoms with van der Waals surface area (Å²) in [6.07, 6.45) is 7.39. The van der Waals surface area contributed by atoms with Gasteiger partial charge in [0.05, 0.1) is 6.10 Å². The molecule has 0 bridgehead atoms. The summed E-state index contributed by atoms with van der Waals surface area (Å²) < 4.78 is 5.74. The van der Waals surface area contributed by atoms with Gasteiger partial charge in [0.1, 0.15) is 0 Å². The highest BCUT2D eigenvalue weighted by atomic mass is 16.5. The molecule has 1 aliphatic rings. The first-order valence-corrected chi connectivity index (χ1v) is 7.17. The Morgan fingerprint density at radius 3 is 2.72 bits per heavy atom. The molecule has 1 aromatic carbocycles. The van der Waals surface area contributed by atoms with Crippen molar-refractivity contribution in [2.45, 2.75) is 57.6 Å². The zero-order valence-electron chi connectivity index (χ0n) is 11.4. The van der Waals surface area contributed by atoms with Gasteiger partial charge in [-0.2, -0.15) is 0 Å². The molecule has 2 rings (SSSR count). The maximum absolute atomic E-state index is 6.21. The molecule has 18 heavy (non-hydrogen) atoms. The SMILES string of the molecule is Cc1ccc(CC(N)CCC2CCCCO2)cc1. The van der Waals surface area contributed by atoms with Crippen LogP contribution in [0.25, 0.3) is 0 Å². The number of nitrogens with two attached hydrogens (primary N) is 1. The highest BCUT2D eigenvalue weighted by Crippen LogP contribution is 2.18. The second-order valence-corrected chi connectivity index (χ2v) is 5.52. The third-order valence-electron chi connectivity index (χ3n) is 3.75. The summed E-state index contributed by atoms with van der Waals surface area (Å²) in [6.45, 7) is 3.06. The third-order valence-corrected chi connectivity index (χ3v) is 3.75. The fourth-order valence-electron chi connectivity index (χ4n) is 2.56. The molecule has 1 aliphatic heterocycles. The Kier molecular flexibility index (Phi) is 5.21. The van der Waals surface area contributed by atoms with Crippen molar-refractivity contribution in [2.75, 3.05) is 6.61 Å². The van der Waals surface area contributed by atoms with Gasteiger partial charge in [-0.3, -0.25) is 0 Å². The molecule has 1 aromatic rings. The molecular weight excluding hydrogens is 222 g/mol. The number of hydrogen-bond acceptors (Lipinski definition) is 2. The number of ether oxygens (including phenoxy) is 1. The van der Waals surface area contributed by atoms with Crippen LogP contribution in [0.2, 0.25) is 0 Å². The minimum Gasteiger partial charge on any atom is -0.378 e. The van der Waals surface area contributed by atoms with Crippen LogP contribution in [0.3, 0.4) is 0 Å². The lowest BCUT2D eigenvalue weighted by Crippen LogP contribution is -2.27. The van der Waals surface area contributed by atoms with Crippen molar-refractivity contribution in [1.29, 1.82) is 0 Å². The molecule has 2 unspecified atom stereocenters. The number of aryl methyl sites for hydroxylation is 1. The summed E-state index contributed by atoms with van der Waals surface area (Å²) in [5, 5.41) is 0. The van der Waals surface area contributed by atoms with Gasteiger partial charge in [-0.15, -0.1) is 0 Å². The van der Waals surface area contributed by atoms with E-state index in [1.54, 1.807) is 0 Å². The van der Waals surface area contributed by atoms with Crippen molar-refractivity contribution in [3.05, 3.63) is 35.4 Å². The lowest BCUT2D eigenvalue weighted by atomic mass is 9.98. The molecule has 0 spiro atoms. The van der Waals surface area contributed by atoms with E-state index in [0.717, 1.165) is 25.9 Å². The molecule has 2 atom stereocenters. The van der Waals surface area contributed by atoms with E-state index >= 15 is 0 Å². The van der Waals surface area contributed by atoms with E-state index in [2.05, 4.69) is 31.2 Å². The topological polar surface area (TPSA) is 35.2 Å². The number of rotatable bonds is 5. The molecule has 0 aliphatic carbocycles. The minimum absolute atomic E-state index is 0.262. The lowest BCUT2D eigenvalue weighted by Gasteiger charge is -2.23. The van der Waals surface area contributed by atoms with Crippen LogP contribution in [0.4, 0.5) is 0 Å². The predicted octanol–water partition coefficient (Wildman–Crippen LogP) is 3.21. The van der Waals surface area contributed by atoms with Crippen LogP contribution in [-0.2, 0) is 11.2 Å². The fourth-order valence-corrected chi connectivity index (χ4v) is 2.56. The summed E-state index contributed by atoms with van der Waals surface area (Å²) >= 11 is 0. The Morgan fingerprint density at radius 1 is 1.28 bits per heavy atom. The fraction of sp³-hybridized carbons (Fsp3) is 0.625. The van der Waals surface area contributed by atoms with E-state index in [-0.39, 0.29) is 6.04 Å². The van der Waals surface area contributed by atoms with Gasteiger partial charge < -0.3 is 10.5 Å². The zero-order valence-corrected chi connectivity index (χ0v) is 11.4. The molecule has 2 N–H and O–H groups in total. The summed E-state index contributed by atoms with van der Waals surface area (Å²) in [5.41, 5.74) is 8.86. The van der Waals surface area contributed by atoms with Gasteiger partial charge >= 0.3 is 0 Å². The predicted molar refractivity (Wildman–Crippen MR) is 75.7 cm³/mol. The van der Waals surface area contributed by atoms with Crippen LogP contribution in [0.1, 0.15) is 43.2 Å². The molecule has 0 radical (unpaired) electrons. The summed E-state index contributed by atoms with van der Waals surface area (Å²) in [4.78, 5) is 0. The van der Waals surface area contributed by atoms with Crippen LogP contribution in [0.5, 0.6) is 0 Å². The Labute approximate surface area is 111 Å².